The molecule has 0 aromatic rings. The van der Waals surface area contributed by atoms with Crippen LogP contribution in [-0.4, -0.2) is 6.71 Å². The van der Waals surface area contributed by atoms with E-state index < -0.39 is 0 Å². The average Bonchev–Trinajstić information content (AvgIpc) is 2.86. The first kappa shape index (κ1) is 13.2. The Bertz CT molecular complexity index is 273. The van der Waals surface area contributed by atoms with Crippen LogP contribution in [-0.2, 0) is 0 Å². The van der Waals surface area contributed by atoms with Crippen molar-refractivity contribution >= 4 is 6.71 Å². The summed E-state index contributed by atoms with van der Waals surface area (Å²) in [6.07, 6.45) is 11.4. The summed E-state index contributed by atoms with van der Waals surface area (Å²) in [5, 5.41) is 0. The van der Waals surface area contributed by atoms with Crippen molar-refractivity contribution in [3.8, 4) is 0 Å². The van der Waals surface area contributed by atoms with Gasteiger partial charge in [0.2, 0.25) is 0 Å². The molecule has 2 aliphatic rings. The molecule has 1 aliphatic carbocycles. The predicted octanol–water partition coefficient (Wildman–Crippen LogP) is 5.29. The summed E-state index contributed by atoms with van der Waals surface area (Å²) in [7, 11) is 0. The SMILES string of the molecule is CC1=CC(C2CCCC2)B(CC(C)C(C)C)C1. The molecule has 2 rings (SSSR count). The van der Waals surface area contributed by atoms with Crippen LogP contribution in [0.2, 0.25) is 18.5 Å². The van der Waals surface area contributed by atoms with Crippen molar-refractivity contribution in [1.82, 2.24) is 0 Å². The number of hydrogen-bond acceptors (Lipinski definition) is 0. The highest BCUT2D eigenvalue weighted by Gasteiger charge is 2.36. The third kappa shape index (κ3) is 3.17. The molecule has 2 atom stereocenters. The Morgan fingerprint density at radius 2 is 1.88 bits per heavy atom. The summed E-state index contributed by atoms with van der Waals surface area (Å²) >= 11 is 0. The minimum atomic E-state index is 0.847. The van der Waals surface area contributed by atoms with Gasteiger partial charge in [0, 0.05) is 0 Å². The summed E-state index contributed by atoms with van der Waals surface area (Å²) in [5.41, 5.74) is 1.67. The maximum atomic E-state index is 2.63. The van der Waals surface area contributed by atoms with Gasteiger partial charge in [-0.25, -0.2) is 0 Å². The zero-order chi connectivity index (χ0) is 12.4. The van der Waals surface area contributed by atoms with Gasteiger partial charge in [-0.3, -0.25) is 0 Å². The lowest BCUT2D eigenvalue weighted by molar-refractivity contribution is 0.449. The highest BCUT2D eigenvalue weighted by Crippen LogP contribution is 2.45. The number of rotatable bonds is 4. The van der Waals surface area contributed by atoms with Gasteiger partial charge in [-0.15, -0.1) is 0 Å². The molecular formula is C16H29B. The molecule has 1 aliphatic heterocycles. The fourth-order valence-electron chi connectivity index (χ4n) is 3.94. The van der Waals surface area contributed by atoms with Gasteiger partial charge in [-0.05, 0) is 30.5 Å². The van der Waals surface area contributed by atoms with Gasteiger partial charge in [0.05, 0.1) is 0 Å². The maximum Gasteiger partial charge on any atom is 0.152 e. The first-order chi connectivity index (χ1) is 8.08. The molecule has 17 heavy (non-hydrogen) atoms. The normalized spacial score (nSPS) is 27.9. The zero-order valence-corrected chi connectivity index (χ0v) is 12.2. The van der Waals surface area contributed by atoms with Gasteiger partial charge in [0.15, 0.2) is 6.71 Å². The van der Waals surface area contributed by atoms with E-state index in [4.69, 9.17) is 0 Å². The van der Waals surface area contributed by atoms with Gasteiger partial charge in [0.25, 0.3) is 0 Å². The molecule has 1 heteroatoms. The van der Waals surface area contributed by atoms with E-state index in [-0.39, 0.29) is 0 Å². The second kappa shape index (κ2) is 5.63. The van der Waals surface area contributed by atoms with E-state index in [0.717, 1.165) is 30.3 Å². The monoisotopic (exact) mass is 232 g/mol. The molecule has 0 bridgehead atoms. The van der Waals surface area contributed by atoms with Crippen molar-refractivity contribution in [2.45, 2.75) is 71.8 Å². The third-order valence-corrected chi connectivity index (χ3v) is 5.36. The van der Waals surface area contributed by atoms with E-state index in [1.807, 2.05) is 0 Å². The predicted molar refractivity (Wildman–Crippen MR) is 78.8 cm³/mol. The third-order valence-electron chi connectivity index (χ3n) is 5.36. The highest BCUT2D eigenvalue weighted by molar-refractivity contribution is 6.63. The van der Waals surface area contributed by atoms with Gasteiger partial charge in [-0.2, -0.15) is 0 Å². The zero-order valence-electron chi connectivity index (χ0n) is 12.2. The second-order valence-corrected chi connectivity index (χ2v) is 7.06. The molecule has 0 aromatic carbocycles. The minimum absolute atomic E-state index is 0.847. The summed E-state index contributed by atoms with van der Waals surface area (Å²) < 4.78 is 0. The van der Waals surface area contributed by atoms with Gasteiger partial charge >= 0.3 is 0 Å². The fourth-order valence-corrected chi connectivity index (χ4v) is 3.94. The lowest BCUT2D eigenvalue weighted by Crippen LogP contribution is -2.24. The smallest absolute Gasteiger partial charge is 0.0901 e. The number of allylic oxidation sites excluding steroid dienone is 2. The lowest BCUT2D eigenvalue weighted by Gasteiger charge is -2.26. The largest absolute Gasteiger partial charge is 0.152 e. The van der Waals surface area contributed by atoms with Crippen LogP contribution in [0.25, 0.3) is 0 Å². The van der Waals surface area contributed by atoms with Crippen LogP contribution in [0, 0.1) is 17.8 Å². The summed E-state index contributed by atoms with van der Waals surface area (Å²) in [6.45, 7) is 10.5. The van der Waals surface area contributed by atoms with E-state index in [0.29, 0.717) is 0 Å². The first-order valence-electron chi connectivity index (χ1n) is 7.75. The minimum Gasteiger partial charge on any atom is -0.0901 e. The Morgan fingerprint density at radius 3 is 2.47 bits per heavy atom. The second-order valence-electron chi connectivity index (χ2n) is 7.06. The average molecular weight is 232 g/mol. The van der Waals surface area contributed by atoms with E-state index in [9.17, 15) is 0 Å². The topological polar surface area (TPSA) is 0 Å². The molecular weight excluding hydrogens is 203 g/mol. The number of hydrogen-bond donors (Lipinski definition) is 0. The Labute approximate surface area is 108 Å². The van der Waals surface area contributed by atoms with E-state index in [2.05, 4.69) is 33.8 Å². The molecule has 0 radical (unpaired) electrons. The quantitative estimate of drug-likeness (QED) is 0.456. The van der Waals surface area contributed by atoms with Gasteiger partial charge in [-0.1, -0.05) is 70.7 Å². The molecule has 0 amide bonds. The standard InChI is InChI=1S/C16H29B/c1-12(2)14(4)11-17-10-13(3)9-16(17)15-7-5-6-8-15/h9,12,14-16H,5-8,10-11H2,1-4H3. The Kier molecular flexibility index (Phi) is 4.39. The van der Waals surface area contributed by atoms with Crippen LogP contribution in [0.5, 0.6) is 0 Å². The Morgan fingerprint density at radius 1 is 1.24 bits per heavy atom. The summed E-state index contributed by atoms with van der Waals surface area (Å²) in [6, 6.07) is 0. The first-order valence-corrected chi connectivity index (χ1v) is 7.75. The molecule has 2 unspecified atom stereocenters. The van der Waals surface area contributed by atoms with Crippen LogP contribution in [0.15, 0.2) is 11.6 Å². The van der Waals surface area contributed by atoms with Crippen molar-refractivity contribution < 1.29 is 0 Å². The van der Waals surface area contributed by atoms with Crippen LogP contribution in [0.3, 0.4) is 0 Å². The van der Waals surface area contributed by atoms with Crippen LogP contribution < -0.4 is 0 Å². The van der Waals surface area contributed by atoms with Crippen molar-refractivity contribution in [2.24, 2.45) is 17.8 Å². The lowest BCUT2D eigenvalue weighted by atomic mass is 9.35. The van der Waals surface area contributed by atoms with E-state index in [1.54, 1.807) is 5.57 Å². The van der Waals surface area contributed by atoms with Crippen LogP contribution >= 0.6 is 0 Å². The maximum absolute atomic E-state index is 2.63. The van der Waals surface area contributed by atoms with Crippen LogP contribution in [0.1, 0.15) is 53.4 Å². The molecule has 0 nitrogen and oxygen atoms in total. The Hall–Kier alpha value is -0.195. The molecule has 1 saturated carbocycles. The molecule has 0 aromatic heterocycles. The van der Waals surface area contributed by atoms with Crippen molar-refractivity contribution in [2.75, 3.05) is 0 Å². The van der Waals surface area contributed by atoms with Gasteiger partial charge in [0.1, 0.15) is 0 Å². The Balaban J connectivity index is 1.96. The van der Waals surface area contributed by atoms with Crippen molar-refractivity contribution in [1.29, 1.82) is 0 Å². The molecule has 0 spiro atoms. The summed E-state index contributed by atoms with van der Waals surface area (Å²) in [5.74, 6) is 3.69. The van der Waals surface area contributed by atoms with Crippen LogP contribution in [0.4, 0.5) is 0 Å². The van der Waals surface area contributed by atoms with E-state index >= 15 is 0 Å². The molecule has 0 N–H and O–H groups in total. The highest BCUT2D eigenvalue weighted by atomic mass is 14.3. The molecule has 0 saturated heterocycles. The van der Waals surface area contributed by atoms with Gasteiger partial charge < -0.3 is 0 Å². The molecule has 1 fully saturated rings. The molecule has 1 heterocycles. The summed E-state index contributed by atoms with van der Waals surface area (Å²) in [4.78, 5) is 0. The van der Waals surface area contributed by atoms with Crippen molar-refractivity contribution in [3.05, 3.63) is 11.6 Å². The molecule has 96 valence electrons. The van der Waals surface area contributed by atoms with E-state index in [1.165, 1.54) is 38.3 Å². The van der Waals surface area contributed by atoms with Crippen molar-refractivity contribution in [3.63, 3.8) is 0 Å². The fraction of sp³-hybridized carbons (Fsp3) is 0.875.